The SMILES string of the molecule is Fc1cc(CBr)ccc1-n1cnc2ccccc21. The highest BCUT2D eigenvalue weighted by Crippen LogP contribution is 2.21. The second-order valence-corrected chi connectivity index (χ2v) is 4.58. The van der Waals surface area contributed by atoms with Crippen molar-refractivity contribution in [1.29, 1.82) is 0 Å². The lowest BCUT2D eigenvalue weighted by Crippen LogP contribution is -1.96. The standard InChI is InChI=1S/C14H10BrFN2/c15-8-10-5-6-13(11(16)7-10)18-9-17-12-3-1-2-4-14(12)18/h1-7,9H,8H2. The van der Waals surface area contributed by atoms with Crippen LogP contribution in [0.4, 0.5) is 4.39 Å². The molecule has 0 spiro atoms. The van der Waals surface area contributed by atoms with Crippen molar-refractivity contribution in [1.82, 2.24) is 9.55 Å². The topological polar surface area (TPSA) is 17.8 Å². The van der Waals surface area contributed by atoms with Crippen LogP contribution in [0.15, 0.2) is 48.8 Å². The van der Waals surface area contributed by atoms with Gasteiger partial charge < -0.3 is 0 Å². The van der Waals surface area contributed by atoms with Crippen LogP contribution < -0.4 is 0 Å². The zero-order valence-electron chi connectivity index (χ0n) is 9.48. The van der Waals surface area contributed by atoms with Gasteiger partial charge in [-0.3, -0.25) is 4.57 Å². The van der Waals surface area contributed by atoms with Gasteiger partial charge >= 0.3 is 0 Å². The predicted octanol–water partition coefficient (Wildman–Crippen LogP) is 4.06. The minimum absolute atomic E-state index is 0.241. The summed E-state index contributed by atoms with van der Waals surface area (Å²) in [6, 6.07) is 12.9. The van der Waals surface area contributed by atoms with E-state index < -0.39 is 0 Å². The zero-order chi connectivity index (χ0) is 12.5. The molecule has 18 heavy (non-hydrogen) atoms. The maximum atomic E-state index is 14.1. The summed E-state index contributed by atoms with van der Waals surface area (Å²) >= 11 is 3.32. The van der Waals surface area contributed by atoms with Crippen molar-refractivity contribution in [2.75, 3.05) is 0 Å². The molecule has 0 atom stereocenters. The minimum atomic E-state index is -0.241. The smallest absolute Gasteiger partial charge is 0.147 e. The van der Waals surface area contributed by atoms with Gasteiger partial charge in [0.25, 0.3) is 0 Å². The first-order valence-corrected chi connectivity index (χ1v) is 6.68. The summed E-state index contributed by atoms with van der Waals surface area (Å²) in [5, 5.41) is 0.648. The van der Waals surface area contributed by atoms with Gasteiger partial charge in [-0.1, -0.05) is 34.1 Å². The molecular formula is C14H10BrFN2. The van der Waals surface area contributed by atoms with E-state index in [9.17, 15) is 4.39 Å². The number of hydrogen-bond donors (Lipinski definition) is 0. The number of benzene rings is 2. The highest BCUT2D eigenvalue weighted by molar-refractivity contribution is 9.08. The molecule has 0 saturated carbocycles. The molecule has 0 fully saturated rings. The van der Waals surface area contributed by atoms with E-state index in [1.54, 1.807) is 23.0 Å². The molecular weight excluding hydrogens is 295 g/mol. The lowest BCUT2D eigenvalue weighted by Gasteiger charge is -2.07. The van der Waals surface area contributed by atoms with Crippen LogP contribution in [0.5, 0.6) is 0 Å². The molecule has 90 valence electrons. The van der Waals surface area contributed by atoms with Crippen LogP contribution >= 0.6 is 15.9 Å². The summed E-state index contributed by atoms with van der Waals surface area (Å²) in [4.78, 5) is 4.27. The first-order chi connectivity index (χ1) is 8.79. The van der Waals surface area contributed by atoms with Crippen LogP contribution in [0, 0.1) is 5.82 Å². The Hall–Kier alpha value is -1.68. The second kappa shape index (κ2) is 4.53. The lowest BCUT2D eigenvalue weighted by molar-refractivity contribution is 0.618. The molecule has 2 nitrogen and oxygen atoms in total. The molecule has 0 aliphatic rings. The van der Waals surface area contributed by atoms with Gasteiger partial charge in [0.1, 0.15) is 12.1 Å². The minimum Gasteiger partial charge on any atom is -0.296 e. The highest BCUT2D eigenvalue weighted by atomic mass is 79.9. The Morgan fingerprint density at radius 1 is 1.17 bits per heavy atom. The molecule has 1 heterocycles. The molecule has 0 bridgehead atoms. The molecule has 1 aromatic heterocycles. The first-order valence-electron chi connectivity index (χ1n) is 5.56. The lowest BCUT2D eigenvalue weighted by atomic mass is 10.2. The number of para-hydroxylation sites is 2. The van der Waals surface area contributed by atoms with E-state index in [1.807, 2.05) is 30.3 Å². The van der Waals surface area contributed by atoms with Crippen molar-refractivity contribution < 1.29 is 4.39 Å². The number of aromatic nitrogens is 2. The number of fused-ring (bicyclic) bond motifs is 1. The normalized spacial score (nSPS) is 11.0. The van der Waals surface area contributed by atoms with Crippen LogP contribution in [-0.2, 0) is 5.33 Å². The Balaban J connectivity index is 2.20. The van der Waals surface area contributed by atoms with Crippen molar-refractivity contribution >= 4 is 27.0 Å². The van der Waals surface area contributed by atoms with Crippen molar-refractivity contribution in [2.45, 2.75) is 5.33 Å². The number of hydrogen-bond acceptors (Lipinski definition) is 1. The quantitative estimate of drug-likeness (QED) is 0.653. The van der Waals surface area contributed by atoms with Gasteiger partial charge in [-0.2, -0.15) is 0 Å². The summed E-state index contributed by atoms with van der Waals surface area (Å²) in [5.41, 5.74) is 3.21. The van der Waals surface area contributed by atoms with Crippen molar-refractivity contribution in [3.63, 3.8) is 0 Å². The fourth-order valence-electron chi connectivity index (χ4n) is 1.98. The van der Waals surface area contributed by atoms with Gasteiger partial charge in [0.05, 0.1) is 16.7 Å². The van der Waals surface area contributed by atoms with Gasteiger partial charge in [0, 0.05) is 5.33 Å². The maximum absolute atomic E-state index is 14.1. The monoisotopic (exact) mass is 304 g/mol. The summed E-state index contributed by atoms with van der Waals surface area (Å²) in [7, 11) is 0. The number of nitrogens with zero attached hydrogens (tertiary/aromatic N) is 2. The molecule has 3 rings (SSSR count). The fraction of sp³-hybridized carbons (Fsp3) is 0.0714. The van der Waals surface area contributed by atoms with Crippen molar-refractivity contribution in [3.05, 3.63) is 60.2 Å². The number of imidazole rings is 1. The Morgan fingerprint density at radius 2 is 2.00 bits per heavy atom. The van der Waals surface area contributed by atoms with Crippen molar-refractivity contribution in [2.24, 2.45) is 0 Å². The zero-order valence-corrected chi connectivity index (χ0v) is 11.1. The summed E-state index contributed by atoms with van der Waals surface area (Å²) in [6.07, 6.45) is 1.65. The number of halogens is 2. The molecule has 0 radical (unpaired) electrons. The number of rotatable bonds is 2. The molecule has 0 unspecified atom stereocenters. The summed E-state index contributed by atoms with van der Waals surface area (Å²) in [5.74, 6) is -0.241. The molecule has 0 saturated heterocycles. The fourth-order valence-corrected chi connectivity index (χ4v) is 2.33. The van der Waals surface area contributed by atoms with Gasteiger partial charge in [0.2, 0.25) is 0 Å². The van der Waals surface area contributed by atoms with Crippen LogP contribution in [-0.4, -0.2) is 9.55 Å². The Labute approximate surface area is 112 Å². The molecule has 0 aliphatic heterocycles. The van der Waals surface area contributed by atoms with Crippen LogP contribution in [0.25, 0.3) is 16.7 Å². The number of alkyl halides is 1. The van der Waals surface area contributed by atoms with E-state index in [2.05, 4.69) is 20.9 Å². The molecule has 2 aromatic carbocycles. The predicted molar refractivity (Wildman–Crippen MR) is 73.7 cm³/mol. The van der Waals surface area contributed by atoms with Gasteiger partial charge in [-0.15, -0.1) is 0 Å². The van der Waals surface area contributed by atoms with E-state index in [0.717, 1.165) is 16.6 Å². The largest absolute Gasteiger partial charge is 0.296 e. The Kier molecular flexibility index (Phi) is 2.88. The van der Waals surface area contributed by atoms with Crippen LogP contribution in [0.1, 0.15) is 5.56 Å². The van der Waals surface area contributed by atoms with E-state index in [0.29, 0.717) is 11.0 Å². The van der Waals surface area contributed by atoms with Gasteiger partial charge in [-0.25, -0.2) is 9.37 Å². The summed E-state index contributed by atoms with van der Waals surface area (Å²) < 4.78 is 15.8. The molecule has 0 aliphatic carbocycles. The first kappa shape index (κ1) is 11.4. The average Bonchev–Trinajstić information content (AvgIpc) is 2.82. The van der Waals surface area contributed by atoms with E-state index in [1.165, 1.54) is 0 Å². The summed E-state index contributed by atoms with van der Waals surface area (Å²) in [6.45, 7) is 0. The maximum Gasteiger partial charge on any atom is 0.147 e. The molecule has 3 aromatic rings. The van der Waals surface area contributed by atoms with Gasteiger partial charge in [0.15, 0.2) is 0 Å². The molecule has 0 N–H and O–H groups in total. The third kappa shape index (κ3) is 1.82. The molecule has 0 amide bonds. The Bertz CT molecular complexity index is 706. The van der Waals surface area contributed by atoms with Gasteiger partial charge in [-0.05, 0) is 29.8 Å². The Morgan fingerprint density at radius 3 is 2.78 bits per heavy atom. The van der Waals surface area contributed by atoms with E-state index >= 15 is 0 Å². The average molecular weight is 305 g/mol. The molecule has 4 heteroatoms. The highest BCUT2D eigenvalue weighted by Gasteiger charge is 2.08. The van der Waals surface area contributed by atoms with Crippen LogP contribution in [0.2, 0.25) is 0 Å². The van der Waals surface area contributed by atoms with E-state index in [-0.39, 0.29) is 5.82 Å². The second-order valence-electron chi connectivity index (χ2n) is 4.02. The van der Waals surface area contributed by atoms with E-state index in [4.69, 9.17) is 0 Å². The van der Waals surface area contributed by atoms with Crippen LogP contribution in [0.3, 0.4) is 0 Å². The third-order valence-corrected chi connectivity index (χ3v) is 3.53. The third-order valence-electron chi connectivity index (χ3n) is 2.88. The van der Waals surface area contributed by atoms with Crippen molar-refractivity contribution in [3.8, 4) is 5.69 Å².